The number of benzene rings is 2. The molecule has 1 unspecified atom stereocenters. The lowest BCUT2D eigenvalue weighted by molar-refractivity contribution is -0.120. The van der Waals surface area contributed by atoms with E-state index in [1.165, 1.54) is 25.1 Å². The summed E-state index contributed by atoms with van der Waals surface area (Å²) in [5, 5.41) is 10.3. The van der Waals surface area contributed by atoms with Gasteiger partial charge in [-0.3, -0.25) is 14.5 Å². The summed E-state index contributed by atoms with van der Waals surface area (Å²) in [5.74, 6) is -0.255. The Morgan fingerprint density at radius 2 is 1.85 bits per heavy atom. The number of carbonyl (C=O) groups is 1. The van der Waals surface area contributed by atoms with Gasteiger partial charge in [-0.15, -0.1) is 11.8 Å². The van der Waals surface area contributed by atoms with E-state index >= 15 is 0 Å². The third-order valence-electron chi connectivity index (χ3n) is 4.02. The molecule has 0 saturated carbocycles. The molecule has 2 N–H and O–H groups in total. The number of nitriles is 1. The van der Waals surface area contributed by atoms with Gasteiger partial charge in [-0.05, 0) is 25.1 Å². The second-order valence-electron chi connectivity index (χ2n) is 6.52. The zero-order valence-electron chi connectivity index (χ0n) is 17.6. The van der Waals surface area contributed by atoms with E-state index in [4.69, 9.17) is 5.26 Å². The average Bonchev–Trinajstić information content (AvgIpc) is 2.76. The van der Waals surface area contributed by atoms with Crippen molar-refractivity contribution in [2.75, 3.05) is 6.54 Å². The Labute approximate surface area is 195 Å². The van der Waals surface area contributed by atoms with E-state index in [2.05, 4.69) is 19.8 Å². The standard InChI is InChI=1S/C21H22F2N4O4S2/c1-15(27-33(29,30)17-8-3-2-4-9-17)26-20(13-19(28)25-12-11-24)32-14-16-7-5-6-10-18(16)31-21(22)23/h2-10,20-21H,12-14H2,1H3,(H,25,28)(H,26,27). The molecule has 8 nitrogen and oxygen atoms in total. The molecule has 0 heterocycles. The highest BCUT2D eigenvalue weighted by Crippen LogP contribution is 2.28. The van der Waals surface area contributed by atoms with Gasteiger partial charge in [-0.2, -0.15) is 14.0 Å². The molecule has 0 bridgehead atoms. The van der Waals surface area contributed by atoms with Crippen molar-refractivity contribution in [2.24, 2.45) is 4.99 Å². The van der Waals surface area contributed by atoms with Crippen LogP contribution in [0.2, 0.25) is 0 Å². The number of aliphatic imine (C=N–C) groups is 1. The van der Waals surface area contributed by atoms with Crippen molar-refractivity contribution in [1.82, 2.24) is 10.0 Å². The van der Waals surface area contributed by atoms with Crippen LogP contribution < -0.4 is 14.8 Å². The van der Waals surface area contributed by atoms with E-state index < -0.39 is 27.9 Å². The number of nitrogens with zero attached hydrogens (tertiary/aromatic N) is 2. The van der Waals surface area contributed by atoms with Crippen LogP contribution in [-0.4, -0.2) is 38.7 Å². The number of para-hydroxylation sites is 1. The number of nitrogens with one attached hydrogen (secondary N) is 2. The molecule has 0 aromatic heterocycles. The molecule has 2 aromatic carbocycles. The maximum atomic E-state index is 12.7. The molecule has 0 aliphatic rings. The molecular formula is C21H22F2N4O4S2. The summed E-state index contributed by atoms with van der Waals surface area (Å²) in [5.41, 5.74) is 0.461. The minimum atomic E-state index is -3.87. The lowest BCUT2D eigenvalue weighted by Crippen LogP contribution is -2.31. The van der Waals surface area contributed by atoms with E-state index in [1.54, 1.807) is 42.5 Å². The first-order chi connectivity index (χ1) is 15.7. The van der Waals surface area contributed by atoms with Gasteiger partial charge in [-0.25, -0.2) is 8.42 Å². The number of alkyl halides is 2. The lowest BCUT2D eigenvalue weighted by atomic mass is 10.2. The number of hydrogen-bond acceptors (Lipinski definition) is 7. The van der Waals surface area contributed by atoms with Crippen molar-refractivity contribution in [1.29, 1.82) is 5.26 Å². The molecule has 1 atom stereocenters. The van der Waals surface area contributed by atoms with Gasteiger partial charge in [0.2, 0.25) is 5.91 Å². The molecule has 33 heavy (non-hydrogen) atoms. The second kappa shape index (κ2) is 12.8. The Bertz CT molecular complexity index is 1110. The van der Waals surface area contributed by atoms with Crippen LogP contribution in [0.1, 0.15) is 18.9 Å². The number of rotatable bonds is 11. The molecule has 0 saturated heterocycles. The molecular weight excluding hydrogens is 474 g/mol. The highest BCUT2D eigenvalue weighted by molar-refractivity contribution is 7.99. The van der Waals surface area contributed by atoms with E-state index in [0.29, 0.717) is 5.56 Å². The number of hydrogen-bond donors (Lipinski definition) is 2. The summed E-state index contributed by atoms with van der Waals surface area (Å²) >= 11 is 1.14. The van der Waals surface area contributed by atoms with Gasteiger partial charge in [-0.1, -0.05) is 36.4 Å². The second-order valence-corrected chi connectivity index (χ2v) is 9.37. The van der Waals surface area contributed by atoms with Crippen molar-refractivity contribution in [3.63, 3.8) is 0 Å². The topological polar surface area (TPSA) is 121 Å². The minimum absolute atomic E-state index is 0.00170. The molecule has 0 aliphatic heterocycles. The van der Waals surface area contributed by atoms with Gasteiger partial charge in [0, 0.05) is 11.3 Å². The zero-order valence-corrected chi connectivity index (χ0v) is 19.2. The maximum Gasteiger partial charge on any atom is 0.387 e. The number of halogens is 2. The van der Waals surface area contributed by atoms with Crippen molar-refractivity contribution < 1.29 is 26.7 Å². The van der Waals surface area contributed by atoms with Crippen LogP contribution in [0.4, 0.5) is 8.78 Å². The Hall–Kier alpha value is -3.17. The van der Waals surface area contributed by atoms with E-state index in [0.717, 1.165) is 11.8 Å². The third-order valence-corrected chi connectivity index (χ3v) is 6.61. The van der Waals surface area contributed by atoms with Crippen LogP contribution >= 0.6 is 11.8 Å². The Kier molecular flexibility index (Phi) is 10.1. The normalized spacial score (nSPS) is 12.6. The first-order valence-electron chi connectivity index (χ1n) is 9.61. The van der Waals surface area contributed by atoms with Crippen molar-refractivity contribution >= 4 is 33.5 Å². The summed E-state index contributed by atoms with van der Waals surface area (Å²) in [6, 6.07) is 15.7. The van der Waals surface area contributed by atoms with Crippen LogP contribution in [0.25, 0.3) is 0 Å². The molecule has 1 amide bonds. The molecule has 2 aromatic rings. The zero-order chi connectivity index (χ0) is 24.3. The van der Waals surface area contributed by atoms with Crippen LogP contribution in [0, 0.1) is 11.3 Å². The summed E-state index contributed by atoms with van der Waals surface area (Å²) < 4.78 is 57.2. The largest absolute Gasteiger partial charge is 0.435 e. The van der Waals surface area contributed by atoms with Gasteiger partial charge in [0.25, 0.3) is 10.0 Å². The smallest absolute Gasteiger partial charge is 0.387 e. The van der Waals surface area contributed by atoms with Crippen LogP contribution in [0.5, 0.6) is 5.75 Å². The van der Waals surface area contributed by atoms with Gasteiger partial charge in [0.15, 0.2) is 0 Å². The SMILES string of the molecule is CC(=NC(CC(=O)NCC#N)SCc1ccccc1OC(F)F)NS(=O)(=O)c1ccccc1. The predicted octanol–water partition coefficient (Wildman–Crippen LogP) is 3.27. The summed E-state index contributed by atoms with van der Waals surface area (Å²) in [6.07, 6.45) is -0.158. The molecule has 176 valence electrons. The van der Waals surface area contributed by atoms with Gasteiger partial charge >= 0.3 is 6.61 Å². The van der Waals surface area contributed by atoms with Gasteiger partial charge < -0.3 is 10.1 Å². The third kappa shape index (κ3) is 9.07. The van der Waals surface area contributed by atoms with Crippen molar-refractivity contribution in [3.8, 4) is 11.8 Å². The van der Waals surface area contributed by atoms with Gasteiger partial charge in [0.1, 0.15) is 23.5 Å². The molecule has 0 fully saturated rings. The summed E-state index contributed by atoms with van der Waals surface area (Å²) in [6.45, 7) is -1.74. The van der Waals surface area contributed by atoms with Crippen molar-refractivity contribution in [2.45, 2.75) is 36.0 Å². The van der Waals surface area contributed by atoms with Crippen molar-refractivity contribution in [3.05, 3.63) is 60.2 Å². The molecule has 0 aliphatic carbocycles. The molecule has 2 rings (SSSR count). The van der Waals surface area contributed by atoms with E-state index in [1.807, 2.05) is 0 Å². The lowest BCUT2D eigenvalue weighted by Gasteiger charge is -2.16. The number of ether oxygens (including phenoxy) is 1. The van der Waals surface area contributed by atoms with E-state index in [9.17, 15) is 22.0 Å². The fourth-order valence-corrected chi connectivity index (χ4v) is 4.81. The van der Waals surface area contributed by atoms with Crippen LogP contribution in [0.15, 0.2) is 64.5 Å². The predicted molar refractivity (Wildman–Crippen MR) is 121 cm³/mol. The average molecular weight is 497 g/mol. The number of carbonyl (C=O) groups excluding carboxylic acids is 1. The highest BCUT2D eigenvalue weighted by atomic mass is 32.2. The summed E-state index contributed by atoms with van der Waals surface area (Å²) in [7, 11) is -3.87. The van der Waals surface area contributed by atoms with Gasteiger partial charge in [0.05, 0.1) is 17.4 Å². The maximum absolute atomic E-state index is 12.7. The fraction of sp³-hybridized carbons (Fsp3) is 0.286. The number of amides is 1. The quantitative estimate of drug-likeness (QED) is 0.280. The number of amidine groups is 1. The first kappa shape index (κ1) is 26.1. The molecule has 0 spiro atoms. The molecule has 12 heteroatoms. The highest BCUT2D eigenvalue weighted by Gasteiger charge is 2.19. The Morgan fingerprint density at radius 1 is 1.18 bits per heavy atom. The van der Waals surface area contributed by atoms with Crippen LogP contribution in [-0.2, 0) is 20.6 Å². The monoisotopic (exact) mass is 496 g/mol. The number of thioether (sulfide) groups is 1. The minimum Gasteiger partial charge on any atom is -0.435 e. The fourth-order valence-electron chi connectivity index (χ4n) is 2.63. The Balaban J connectivity index is 2.18. The van der Waals surface area contributed by atoms with E-state index in [-0.39, 0.29) is 35.2 Å². The molecule has 0 radical (unpaired) electrons. The van der Waals surface area contributed by atoms with Crippen LogP contribution in [0.3, 0.4) is 0 Å². The summed E-state index contributed by atoms with van der Waals surface area (Å²) in [4.78, 5) is 16.5. The number of sulfonamides is 1. The first-order valence-corrected chi connectivity index (χ1v) is 12.1. The Morgan fingerprint density at radius 3 is 2.52 bits per heavy atom.